The van der Waals surface area contributed by atoms with Crippen LogP contribution in [0.5, 0.6) is 5.75 Å². The molecule has 6 heteroatoms. The number of rotatable bonds is 4. The summed E-state index contributed by atoms with van der Waals surface area (Å²) in [6.45, 7) is 2.46. The molecule has 0 atom stereocenters. The lowest BCUT2D eigenvalue weighted by Crippen LogP contribution is -2.34. The van der Waals surface area contributed by atoms with Crippen molar-refractivity contribution in [3.8, 4) is 5.75 Å². The first kappa shape index (κ1) is 15.9. The highest BCUT2D eigenvalue weighted by Gasteiger charge is 2.08. The number of anilines is 1. The summed E-state index contributed by atoms with van der Waals surface area (Å²) in [5.74, 6) is 0.0311. The van der Waals surface area contributed by atoms with E-state index in [0.717, 1.165) is 0 Å². The van der Waals surface area contributed by atoms with Crippen LogP contribution in [0.15, 0.2) is 48.5 Å². The zero-order chi connectivity index (χ0) is 15.9. The van der Waals surface area contributed by atoms with E-state index < -0.39 is 0 Å². The van der Waals surface area contributed by atoms with Gasteiger partial charge in [0.1, 0.15) is 11.6 Å². The fraction of sp³-hybridized carbons (Fsp3) is 0.125. The zero-order valence-electron chi connectivity index (χ0n) is 11.9. The van der Waals surface area contributed by atoms with Crippen molar-refractivity contribution < 1.29 is 13.9 Å². The third kappa shape index (κ3) is 4.53. The van der Waals surface area contributed by atoms with Crippen LogP contribution in [0.2, 0.25) is 0 Å². The Morgan fingerprint density at radius 2 is 1.77 bits per heavy atom. The highest BCUT2D eigenvalue weighted by atomic mass is 32.1. The molecule has 0 fully saturated rings. The fourth-order valence-electron chi connectivity index (χ4n) is 1.74. The number of benzene rings is 2. The standard InChI is InChI=1S/C16H15FN2O2S/c1-2-21-14-9-3-11(4-10-14)15(20)19-16(22)18-13-7-5-12(17)6-8-13/h3-10H,2H2,1H3,(H2,18,19,20,22). The molecule has 0 bridgehead atoms. The Bertz CT molecular complexity index is 657. The van der Waals surface area contributed by atoms with E-state index >= 15 is 0 Å². The minimum atomic E-state index is -0.338. The minimum Gasteiger partial charge on any atom is -0.494 e. The minimum absolute atomic E-state index is 0.144. The van der Waals surface area contributed by atoms with Crippen LogP contribution in [0.25, 0.3) is 0 Å². The average Bonchev–Trinajstić information content (AvgIpc) is 2.50. The first-order chi connectivity index (χ1) is 10.6. The van der Waals surface area contributed by atoms with Crippen LogP contribution < -0.4 is 15.4 Å². The van der Waals surface area contributed by atoms with Crippen molar-refractivity contribution in [1.29, 1.82) is 0 Å². The largest absolute Gasteiger partial charge is 0.494 e. The zero-order valence-corrected chi connectivity index (χ0v) is 12.7. The molecule has 0 aliphatic rings. The van der Waals surface area contributed by atoms with Gasteiger partial charge in [0.2, 0.25) is 0 Å². The van der Waals surface area contributed by atoms with Gasteiger partial charge in [0.25, 0.3) is 5.91 Å². The lowest BCUT2D eigenvalue weighted by molar-refractivity contribution is 0.0977. The monoisotopic (exact) mass is 318 g/mol. The van der Waals surface area contributed by atoms with Gasteiger partial charge in [-0.15, -0.1) is 0 Å². The maximum Gasteiger partial charge on any atom is 0.257 e. The molecule has 0 aromatic heterocycles. The molecular formula is C16H15FN2O2S. The van der Waals surface area contributed by atoms with Gasteiger partial charge in [-0.2, -0.15) is 0 Å². The summed E-state index contributed by atoms with van der Waals surface area (Å²) < 4.78 is 18.1. The normalized spacial score (nSPS) is 9.91. The number of nitrogens with one attached hydrogen (secondary N) is 2. The lowest BCUT2D eigenvalue weighted by Gasteiger charge is -2.10. The lowest BCUT2D eigenvalue weighted by atomic mass is 10.2. The molecule has 2 aromatic rings. The van der Waals surface area contributed by atoms with Gasteiger partial charge in [0.15, 0.2) is 5.11 Å². The molecule has 0 heterocycles. The second-order valence-corrected chi connectivity index (χ2v) is 4.78. The Balaban J connectivity index is 1.93. The van der Waals surface area contributed by atoms with Gasteiger partial charge < -0.3 is 10.1 Å². The first-order valence-corrected chi connectivity index (χ1v) is 7.10. The van der Waals surface area contributed by atoms with E-state index in [-0.39, 0.29) is 16.8 Å². The maximum absolute atomic E-state index is 12.8. The number of carbonyl (C=O) groups excluding carboxylic acids is 1. The van der Waals surface area contributed by atoms with E-state index in [0.29, 0.717) is 23.6 Å². The molecule has 0 aliphatic heterocycles. The van der Waals surface area contributed by atoms with Gasteiger partial charge in [-0.1, -0.05) is 0 Å². The second-order valence-electron chi connectivity index (χ2n) is 4.37. The molecular weight excluding hydrogens is 303 g/mol. The maximum atomic E-state index is 12.8. The summed E-state index contributed by atoms with van der Waals surface area (Å²) in [6.07, 6.45) is 0. The number of halogens is 1. The SMILES string of the molecule is CCOc1ccc(C(=O)NC(=S)Nc2ccc(F)cc2)cc1. The molecule has 0 spiro atoms. The van der Waals surface area contributed by atoms with Gasteiger partial charge >= 0.3 is 0 Å². The summed E-state index contributed by atoms with van der Waals surface area (Å²) in [5, 5.41) is 5.51. The van der Waals surface area contributed by atoms with Gasteiger partial charge in [-0.3, -0.25) is 10.1 Å². The number of amides is 1. The molecule has 2 aromatic carbocycles. The summed E-state index contributed by atoms with van der Waals surface area (Å²) in [6, 6.07) is 12.4. The Labute approximate surface area is 133 Å². The van der Waals surface area contributed by atoms with Crippen LogP contribution in [-0.2, 0) is 0 Å². The Morgan fingerprint density at radius 3 is 2.36 bits per heavy atom. The van der Waals surface area contributed by atoms with Crippen molar-refractivity contribution in [2.45, 2.75) is 6.92 Å². The smallest absolute Gasteiger partial charge is 0.257 e. The van der Waals surface area contributed by atoms with Crippen molar-refractivity contribution in [3.63, 3.8) is 0 Å². The van der Waals surface area contributed by atoms with E-state index in [9.17, 15) is 9.18 Å². The summed E-state index contributed by atoms with van der Waals surface area (Å²) in [7, 11) is 0. The Morgan fingerprint density at radius 1 is 1.14 bits per heavy atom. The van der Waals surface area contributed by atoms with Gasteiger partial charge in [-0.05, 0) is 67.7 Å². The summed E-state index contributed by atoms with van der Waals surface area (Å²) >= 11 is 5.05. The highest BCUT2D eigenvalue weighted by molar-refractivity contribution is 7.80. The molecule has 1 amide bonds. The molecule has 22 heavy (non-hydrogen) atoms. The predicted octanol–water partition coefficient (Wildman–Crippen LogP) is 3.35. The average molecular weight is 318 g/mol. The molecule has 2 rings (SSSR count). The number of carbonyl (C=O) groups is 1. The quantitative estimate of drug-likeness (QED) is 0.849. The predicted molar refractivity (Wildman–Crippen MR) is 87.7 cm³/mol. The molecule has 0 saturated heterocycles. The van der Waals surface area contributed by atoms with Crippen LogP contribution in [0.4, 0.5) is 10.1 Å². The fourth-order valence-corrected chi connectivity index (χ4v) is 1.95. The third-order valence-electron chi connectivity index (χ3n) is 2.76. The number of hydrogen-bond acceptors (Lipinski definition) is 3. The molecule has 0 radical (unpaired) electrons. The van der Waals surface area contributed by atoms with Crippen molar-refractivity contribution >= 4 is 28.9 Å². The second kappa shape index (κ2) is 7.51. The Kier molecular flexibility index (Phi) is 5.43. The van der Waals surface area contributed by atoms with Crippen molar-refractivity contribution in [3.05, 3.63) is 59.9 Å². The van der Waals surface area contributed by atoms with Crippen molar-refractivity contribution in [1.82, 2.24) is 5.32 Å². The Hall–Kier alpha value is -2.47. The van der Waals surface area contributed by atoms with Crippen LogP contribution in [0.3, 0.4) is 0 Å². The van der Waals surface area contributed by atoms with E-state index in [4.69, 9.17) is 17.0 Å². The molecule has 4 nitrogen and oxygen atoms in total. The molecule has 0 saturated carbocycles. The van der Waals surface area contributed by atoms with Gasteiger partial charge in [0.05, 0.1) is 6.61 Å². The van der Waals surface area contributed by atoms with Crippen LogP contribution >= 0.6 is 12.2 Å². The van der Waals surface area contributed by atoms with Crippen LogP contribution in [0, 0.1) is 5.82 Å². The number of hydrogen-bond donors (Lipinski definition) is 2. The van der Waals surface area contributed by atoms with Crippen LogP contribution in [0.1, 0.15) is 17.3 Å². The molecule has 0 unspecified atom stereocenters. The third-order valence-corrected chi connectivity index (χ3v) is 2.96. The molecule has 0 aliphatic carbocycles. The van der Waals surface area contributed by atoms with Crippen LogP contribution in [-0.4, -0.2) is 17.6 Å². The summed E-state index contributed by atoms with van der Waals surface area (Å²) in [5.41, 5.74) is 1.06. The van der Waals surface area contributed by atoms with Crippen molar-refractivity contribution in [2.75, 3.05) is 11.9 Å². The highest BCUT2D eigenvalue weighted by Crippen LogP contribution is 2.12. The van der Waals surface area contributed by atoms with Crippen molar-refractivity contribution in [2.24, 2.45) is 0 Å². The van der Waals surface area contributed by atoms with E-state index in [1.807, 2.05) is 6.92 Å². The molecule has 114 valence electrons. The van der Waals surface area contributed by atoms with E-state index in [1.54, 1.807) is 24.3 Å². The number of ether oxygens (including phenoxy) is 1. The first-order valence-electron chi connectivity index (χ1n) is 6.69. The van der Waals surface area contributed by atoms with Gasteiger partial charge in [0, 0.05) is 11.3 Å². The van der Waals surface area contributed by atoms with Gasteiger partial charge in [-0.25, -0.2) is 4.39 Å². The van der Waals surface area contributed by atoms with E-state index in [2.05, 4.69) is 10.6 Å². The summed E-state index contributed by atoms with van der Waals surface area (Å²) in [4.78, 5) is 12.0. The molecule has 2 N–H and O–H groups in total. The number of thiocarbonyl (C=S) groups is 1. The topological polar surface area (TPSA) is 50.4 Å². The van der Waals surface area contributed by atoms with E-state index in [1.165, 1.54) is 24.3 Å².